The zero-order valence-corrected chi connectivity index (χ0v) is 20.7. The predicted molar refractivity (Wildman–Crippen MR) is 142 cm³/mol. The second kappa shape index (κ2) is 10.6. The van der Waals surface area contributed by atoms with Crippen LogP contribution >= 0.6 is 11.8 Å². The third kappa shape index (κ3) is 4.92. The highest BCUT2D eigenvalue weighted by molar-refractivity contribution is 7.99. The van der Waals surface area contributed by atoms with Gasteiger partial charge in [-0.3, -0.25) is 9.36 Å². The van der Waals surface area contributed by atoms with Crippen LogP contribution in [-0.2, 0) is 4.79 Å². The van der Waals surface area contributed by atoms with Crippen LogP contribution in [0.15, 0.2) is 84.1 Å². The average molecular weight is 500 g/mol. The van der Waals surface area contributed by atoms with Crippen molar-refractivity contribution in [3.05, 3.63) is 79.0 Å². The number of ether oxygens (including phenoxy) is 2. The van der Waals surface area contributed by atoms with Crippen LogP contribution in [0.4, 0.5) is 5.69 Å². The number of hydrogen-bond donors (Lipinski definition) is 2. The Hall–Kier alpha value is -4.24. The third-order valence-corrected chi connectivity index (χ3v) is 6.48. The van der Waals surface area contributed by atoms with Crippen molar-refractivity contribution in [1.29, 1.82) is 0 Å². The van der Waals surface area contributed by atoms with E-state index in [4.69, 9.17) is 9.47 Å². The van der Waals surface area contributed by atoms with Gasteiger partial charge in [0.15, 0.2) is 11.0 Å². The smallest absolute Gasteiger partial charge is 0.234 e. The van der Waals surface area contributed by atoms with Gasteiger partial charge < -0.3 is 19.8 Å². The second-order valence-corrected chi connectivity index (χ2v) is 8.83. The van der Waals surface area contributed by atoms with Crippen molar-refractivity contribution >= 4 is 34.3 Å². The first-order valence-electron chi connectivity index (χ1n) is 11.5. The summed E-state index contributed by atoms with van der Waals surface area (Å²) < 4.78 is 12.8. The summed E-state index contributed by atoms with van der Waals surface area (Å²) in [5.41, 5.74) is 3.49. The van der Waals surface area contributed by atoms with Crippen LogP contribution in [0.2, 0.25) is 0 Å². The molecule has 2 heterocycles. The van der Waals surface area contributed by atoms with Crippen LogP contribution in [0.25, 0.3) is 28.0 Å². The van der Waals surface area contributed by atoms with Gasteiger partial charge in [0.2, 0.25) is 5.91 Å². The fourth-order valence-electron chi connectivity index (χ4n) is 3.91. The SMILES string of the molecule is CCOc1ccc(-n2c(SCC(=O)Nc3cccc(OC)c3)nnc2-c2c[nH]c3ccccc23)cc1. The van der Waals surface area contributed by atoms with Crippen molar-refractivity contribution in [3.63, 3.8) is 0 Å². The molecule has 2 aromatic heterocycles. The van der Waals surface area contributed by atoms with E-state index in [0.717, 1.165) is 27.9 Å². The molecule has 0 aliphatic heterocycles. The molecule has 0 saturated heterocycles. The molecule has 0 bridgehead atoms. The van der Waals surface area contributed by atoms with Gasteiger partial charge in [-0.25, -0.2) is 0 Å². The molecular weight excluding hydrogens is 474 g/mol. The largest absolute Gasteiger partial charge is 0.497 e. The van der Waals surface area contributed by atoms with Crippen molar-refractivity contribution in [2.45, 2.75) is 12.1 Å². The molecule has 0 saturated carbocycles. The number of carbonyl (C=O) groups is 1. The second-order valence-electron chi connectivity index (χ2n) is 7.89. The van der Waals surface area contributed by atoms with Crippen LogP contribution < -0.4 is 14.8 Å². The highest BCUT2D eigenvalue weighted by Crippen LogP contribution is 2.33. The molecule has 36 heavy (non-hydrogen) atoms. The molecule has 2 N–H and O–H groups in total. The Labute approximate surface area is 212 Å². The van der Waals surface area contributed by atoms with E-state index in [0.29, 0.717) is 29.0 Å². The van der Waals surface area contributed by atoms with Crippen LogP contribution in [0.3, 0.4) is 0 Å². The lowest BCUT2D eigenvalue weighted by Crippen LogP contribution is -2.14. The maximum Gasteiger partial charge on any atom is 0.234 e. The number of thioether (sulfide) groups is 1. The summed E-state index contributed by atoms with van der Waals surface area (Å²) in [6.07, 6.45) is 1.93. The van der Waals surface area contributed by atoms with Gasteiger partial charge >= 0.3 is 0 Å². The van der Waals surface area contributed by atoms with E-state index in [1.54, 1.807) is 13.2 Å². The Balaban J connectivity index is 1.45. The van der Waals surface area contributed by atoms with E-state index < -0.39 is 0 Å². The van der Waals surface area contributed by atoms with Crippen LogP contribution in [-0.4, -0.2) is 45.1 Å². The standard InChI is InChI=1S/C27H25N5O3S/c1-3-35-20-13-11-19(12-14-20)32-26(23-16-28-24-10-5-4-9-22(23)24)30-31-27(32)36-17-25(33)29-18-7-6-8-21(15-18)34-2/h4-16,28H,3,17H2,1-2H3,(H,29,33). The first-order valence-corrected chi connectivity index (χ1v) is 12.5. The molecule has 3 aromatic carbocycles. The van der Waals surface area contributed by atoms with Gasteiger partial charge in [0.25, 0.3) is 0 Å². The Morgan fingerprint density at radius 3 is 2.67 bits per heavy atom. The summed E-state index contributed by atoms with van der Waals surface area (Å²) >= 11 is 1.32. The van der Waals surface area contributed by atoms with E-state index in [1.807, 2.05) is 84.4 Å². The first-order chi connectivity index (χ1) is 17.7. The molecule has 0 atom stereocenters. The maximum absolute atomic E-state index is 12.7. The number of benzene rings is 3. The first kappa shape index (κ1) is 23.5. The minimum atomic E-state index is -0.150. The number of anilines is 1. The Bertz CT molecular complexity index is 1490. The van der Waals surface area contributed by atoms with E-state index >= 15 is 0 Å². The molecule has 0 radical (unpaired) electrons. The van der Waals surface area contributed by atoms with Crippen LogP contribution in [0.1, 0.15) is 6.92 Å². The highest BCUT2D eigenvalue weighted by Gasteiger charge is 2.20. The number of nitrogens with one attached hydrogen (secondary N) is 2. The third-order valence-electron chi connectivity index (χ3n) is 5.56. The number of H-pyrrole nitrogens is 1. The summed E-state index contributed by atoms with van der Waals surface area (Å²) in [5, 5.41) is 13.5. The fraction of sp³-hybridized carbons (Fsp3) is 0.148. The summed E-state index contributed by atoms with van der Waals surface area (Å²) in [4.78, 5) is 16.0. The molecule has 5 aromatic rings. The Morgan fingerprint density at radius 1 is 1.03 bits per heavy atom. The number of amides is 1. The predicted octanol–water partition coefficient (Wildman–Crippen LogP) is 5.55. The zero-order valence-electron chi connectivity index (χ0n) is 19.9. The molecule has 8 nitrogen and oxygen atoms in total. The molecule has 0 unspecified atom stereocenters. The lowest BCUT2D eigenvalue weighted by Gasteiger charge is -2.11. The van der Waals surface area contributed by atoms with Crippen LogP contribution in [0.5, 0.6) is 11.5 Å². The molecule has 182 valence electrons. The number of aromatic amines is 1. The number of fused-ring (bicyclic) bond motifs is 1. The minimum Gasteiger partial charge on any atom is -0.497 e. The minimum absolute atomic E-state index is 0.150. The topological polar surface area (TPSA) is 94.1 Å². The number of rotatable bonds is 9. The summed E-state index contributed by atoms with van der Waals surface area (Å²) in [6, 6.07) is 23.1. The van der Waals surface area contributed by atoms with Gasteiger partial charge in [-0.1, -0.05) is 36.0 Å². The van der Waals surface area contributed by atoms with E-state index in [1.165, 1.54) is 11.8 Å². The molecule has 0 fully saturated rings. The molecule has 5 rings (SSSR count). The number of methoxy groups -OCH3 is 1. The molecule has 0 aliphatic rings. The Kier molecular flexibility index (Phi) is 6.90. The molecule has 0 aliphatic carbocycles. The van der Waals surface area contributed by atoms with Gasteiger partial charge in [-0.15, -0.1) is 10.2 Å². The highest BCUT2D eigenvalue weighted by atomic mass is 32.2. The zero-order chi connectivity index (χ0) is 24.9. The monoisotopic (exact) mass is 499 g/mol. The van der Waals surface area contributed by atoms with Gasteiger partial charge in [0, 0.05) is 40.1 Å². The molecule has 9 heteroatoms. The number of nitrogens with zero attached hydrogens (tertiary/aromatic N) is 3. The van der Waals surface area contributed by atoms with Crippen molar-refractivity contribution in [2.75, 3.05) is 24.8 Å². The van der Waals surface area contributed by atoms with E-state index in [2.05, 4.69) is 20.5 Å². The summed E-state index contributed by atoms with van der Waals surface area (Å²) in [7, 11) is 1.59. The van der Waals surface area contributed by atoms with Crippen molar-refractivity contribution in [1.82, 2.24) is 19.7 Å². The van der Waals surface area contributed by atoms with Gasteiger partial charge in [-0.05, 0) is 49.4 Å². The summed E-state index contributed by atoms with van der Waals surface area (Å²) in [6.45, 7) is 2.55. The van der Waals surface area contributed by atoms with E-state index in [9.17, 15) is 4.79 Å². The normalized spacial score (nSPS) is 10.9. The number of aromatic nitrogens is 4. The quantitative estimate of drug-likeness (QED) is 0.258. The van der Waals surface area contributed by atoms with Crippen molar-refractivity contribution < 1.29 is 14.3 Å². The van der Waals surface area contributed by atoms with Crippen LogP contribution in [0, 0.1) is 0 Å². The molecular formula is C27H25N5O3S. The number of para-hydroxylation sites is 1. The molecule has 1 amide bonds. The van der Waals surface area contributed by atoms with Crippen molar-refractivity contribution in [2.24, 2.45) is 0 Å². The molecule has 0 spiro atoms. The van der Waals surface area contributed by atoms with Crippen molar-refractivity contribution in [3.8, 4) is 28.6 Å². The number of hydrogen-bond acceptors (Lipinski definition) is 6. The lowest BCUT2D eigenvalue weighted by molar-refractivity contribution is -0.113. The lowest BCUT2D eigenvalue weighted by atomic mass is 10.1. The summed E-state index contributed by atoms with van der Waals surface area (Å²) in [5.74, 6) is 2.17. The van der Waals surface area contributed by atoms with Gasteiger partial charge in [0.05, 0.1) is 19.5 Å². The van der Waals surface area contributed by atoms with Gasteiger partial charge in [0.1, 0.15) is 11.5 Å². The fourth-order valence-corrected chi connectivity index (χ4v) is 4.67. The Morgan fingerprint density at radius 2 is 1.86 bits per heavy atom. The van der Waals surface area contributed by atoms with E-state index in [-0.39, 0.29) is 11.7 Å². The number of carbonyl (C=O) groups excluding carboxylic acids is 1. The van der Waals surface area contributed by atoms with Gasteiger partial charge in [-0.2, -0.15) is 0 Å². The average Bonchev–Trinajstić information content (AvgIpc) is 3.52. The maximum atomic E-state index is 12.7.